The number of aromatic hydroxyl groups is 1. The molecule has 3 aromatic heterocycles. The van der Waals surface area contributed by atoms with Gasteiger partial charge >= 0.3 is 0 Å². The van der Waals surface area contributed by atoms with E-state index in [-0.39, 0.29) is 5.75 Å². The molecule has 3 aromatic rings. The minimum absolute atomic E-state index is 0.0799. The zero-order valence-electron chi connectivity index (χ0n) is 16.1. The maximum atomic E-state index is 9.75. The van der Waals surface area contributed by atoms with Crippen molar-refractivity contribution in [2.24, 2.45) is 5.92 Å². The Morgan fingerprint density at radius 1 is 1.11 bits per heavy atom. The van der Waals surface area contributed by atoms with E-state index < -0.39 is 0 Å². The van der Waals surface area contributed by atoms with Gasteiger partial charge in [0.1, 0.15) is 17.2 Å². The second kappa shape index (κ2) is 7.42. The Morgan fingerprint density at radius 3 is 2.64 bits per heavy atom. The highest BCUT2D eigenvalue weighted by Crippen LogP contribution is 2.47. The largest absolute Gasteiger partial charge is 0.506 e. The van der Waals surface area contributed by atoms with Crippen LogP contribution in [-0.2, 0) is 0 Å². The smallest absolute Gasteiger partial charge is 0.240 e. The lowest BCUT2D eigenvalue weighted by molar-refractivity contribution is 0.285. The quantitative estimate of drug-likeness (QED) is 0.702. The molecule has 1 aliphatic carbocycles. The van der Waals surface area contributed by atoms with Gasteiger partial charge in [-0.2, -0.15) is 0 Å². The van der Waals surface area contributed by atoms with Gasteiger partial charge in [0, 0.05) is 29.3 Å². The summed E-state index contributed by atoms with van der Waals surface area (Å²) in [6, 6.07) is 5.55. The SMILES string of the molecule is COc1ccc([C@H]2C[C@@H]2COc2nc(C)c(C)nc2-c2cncc(O)c2)nc1. The summed E-state index contributed by atoms with van der Waals surface area (Å²) >= 11 is 0. The predicted octanol–water partition coefficient (Wildman–Crippen LogP) is 3.45. The molecule has 0 saturated heterocycles. The standard InChI is InChI=1S/C21H22N4O3/c1-12-13(2)25-21(20(24-12)14-6-16(26)9-22-8-14)28-11-15-7-18(15)19-5-4-17(27-3)10-23-19/h4-6,8-10,15,18,26H,7,11H2,1-3H3/t15-,18+/m1/s1. The molecule has 1 fully saturated rings. The van der Waals surface area contributed by atoms with E-state index in [1.165, 1.54) is 6.20 Å². The van der Waals surface area contributed by atoms with E-state index in [4.69, 9.17) is 9.47 Å². The first-order chi connectivity index (χ1) is 13.5. The molecule has 0 aliphatic heterocycles. The van der Waals surface area contributed by atoms with Crippen LogP contribution in [0.25, 0.3) is 11.3 Å². The second-order valence-electron chi connectivity index (χ2n) is 7.02. The third kappa shape index (κ3) is 3.74. The molecule has 1 N–H and O–H groups in total. The van der Waals surface area contributed by atoms with Crippen LogP contribution in [0.15, 0.2) is 36.8 Å². The fraction of sp³-hybridized carbons (Fsp3) is 0.333. The average molecular weight is 378 g/mol. The maximum Gasteiger partial charge on any atom is 0.240 e. The number of ether oxygens (including phenoxy) is 2. The van der Waals surface area contributed by atoms with Gasteiger partial charge in [-0.15, -0.1) is 0 Å². The molecular weight excluding hydrogens is 356 g/mol. The fourth-order valence-corrected chi connectivity index (χ4v) is 3.14. The van der Waals surface area contributed by atoms with Gasteiger partial charge in [-0.3, -0.25) is 9.97 Å². The molecule has 0 spiro atoms. The van der Waals surface area contributed by atoms with Gasteiger partial charge in [-0.1, -0.05) is 0 Å². The molecule has 0 unspecified atom stereocenters. The molecule has 0 bridgehead atoms. The lowest BCUT2D eigenvalue weighted by Crippen LogP contribution is -2.07. The monoisotopic (exact) mass is 378 g/mol. The Morgan fingerprint density at radius 2 is 1.93 bits per heavy atom. The number of hydrogen-bond acceptors (Lipinski definition) is 7. The third-order valence-electron chi connectivity index (χ3n) is 5.00. The van der Waals surface area contributed by atoms with Crippen LogP contribution in [0.1, 0.15) is 29.4 Å². The topological polar surface area (TPSA) is 90.2 Å². The Bertz CT molecular complexity index is 991. The molecule has 7 heteroatoms. The van der Waals surface area contributed by atoms with Crippen molar-refractivity contribution in [2.75, 3.05) is 13.7 Å². The van der Waals surface area contributed by atoms with Crippen LogP contribution < -0.4 is 9.47 Å². The molecule has 2 atom stereocenters. The number of methoxy groups -OCH3 is 1. The molecule has 144 valence electrons. The molecule has 4 rings (SSSR count). The van der Waals surface area contributed by atoms with Crippen molar-refractivity contribution in [3.05, 3.63) is 53.9 Å². The molecule has 7 nitrogen and oxygen atoms in total. The van der Waals surface area contributed by atoms with Crippen LogP contribution in [0.5, 0.6) is 17.4 Å². The summed E-state index contributed by atoms with van der Waals surface area (Å²) in [6.07, 6.45) is 5.80. The summed E-state index contributed by atoms with van der Waals surface area (Å²) in [5.74, 6) is 2.07. The van der Waals surface area contributed by atoms with Crippen molar-refractivity contribution in [1.82, 2.24) is 19.9 Å². The highest BCUT2D eigenvalue weighted by molar-refractivity contribution is 5.65. The van der Waals surface area contributed by atoms with E-state index in [0.29, 0.717) is 35.6 Å². The van der Waals surface area contributed by atoms with E-state index >= 15 is 0 Å². The van der Waals surface area contributed by atoms with Crippen LogP contribution >= 0.6 is 0 Å². The number of rotatable bonds is 6. The van der Waals surface area contributed by atoms with E-state index in [1.54, 1.807) is 25.6 Å². The molecule has 1 aliphatic rings. The van der Waals surface area contributed by atoms with E-state index in [2.05, 4.69) is 19.9 Å². The van der Waals surface area contributed by atoms with E-state index in [1.807, 2.05) is 26.0 Å². The lowest BCUT2D eigenvalue weighted by atomic mass is 10.2. The number of nitrogens with zero attached hydrogens (tertiary/aromatic N) is 4. The zero-order chi connectivity index (χ0) is 19.7. The van der Waals surface area contributed by atoms with E-state index in [9.17, 15) is 5.11 Å². The van der Waals surface area contributed by atoms with Crippen LogP contribution in [0, 0.1) is 19.8 Å². The van der Waals surface area contributed by atoms with E-state index in [0.717, 1.165) is 29.3 Å². The van der Waals surface area contributed by atoms with Crippen molar-refractivity contribution in [3.63, 3.8) is 0 Å². The zero-order valence-corrected chi connectivity index (χ0v) is 16.1. The molecule has 0 radical (unpaired) electrons. The summed E-state index contributed by atoms with van der Waals surface area (Å²) in [6.45, 7) is 4.34. The van der Waals surface area contributed by atoms with Crippen molar-refractivity contribution in [3.8, 4) is 28.6 Å². The molecule has 0 amide bonds. The lowest BCUT2D eigenvalue weighted by Gasteiger charge is -2.12. The first-order valence-corrected chi connectivity index (χ1v) is 9.17. The Hall–Kier alpha value is -3.22. The van der Waals surface area contributed by atoms with Gasteiger partial charge in [0.2, 0.25) is 5.88 Å². The second-order valence-corrected chi connectivity index (χ2v) is 7.02. The first kappa shape index (κ1) is 18.2. The minimum Gasteiger partial charge on any atom is -0.506 e. The van der Waals surface area contributed by atoms with Crippen molar-refractivity contribution in [2.45, 2.75) is 26.2 Å². The summed E-state index contributed by atoms with van der Waals surface area (Å²) < 4.78 is 11.2. The Balaban J connectivity index is 1.50. The molecule has 28 heavy (non-hydrogen) atoms. The highest BCUT2D eigenvalue weighted by atomic mass is 16.5. The first-order valence-electron chi connectivity index (χ1n) is 9.17. The van der Waals surface area contributed by atoms with Crippen LogP contribution in [-0.4, -0.2) is 38.8 Å². The number of aromatic nitrogens is 4. The van der Waals surface area contributed by atoms with Gasteiger partial charge < -0.3 is 14.6 Å². The minimum atomic E-state index is 0.0799. The number of pyridine rings is 2. The normalized spacial score (nSPS) is 18.0. The summed E-state index contributed by atoms with van der Waals surface area (Å²) in [5.41, 5.74) is 3.95. The van der Waals surface area contributed by atoms with Gasteiger partial charge in [0.25, 0.3) is 0 Å². The Kier molecular flexibility index (Phi) is 4.81. The molecule has 1 saturated carbocycles. The van der Waals surface area contributed by atoms with Gasteiger partial charge in [0.05, 0.1) is 37.5 Å². The maximum absolute atomic E-state index is 9.75. The number of hydrogen-bond donors (Lipinski definition) is 1. The average Bonchev–Trinajstić information content (AvgIpc) is 3.48. The summed E-state index contributed by atoms with van der Waals surface area (Å²) in [5, 5.41) is 9.75. The van der Waals surface area contributed by atoms with Crippen LogP contribution in [0.2, 0.25) is 0 Å². The van der Waals surface area contributed by atoms with Crippen LogP contribution in [0.4, 0.5) is 0 Å². The third-order valence-corrected chi connectivity index (χ3v) is 5.00. The van der Waals surface area contributed by atoms with Gasteiger partial charge in [-0.05, 0) is 38.5 Å². The molecule has 0 aromatic carbocycles. The molecular formula is C21H22N4O3. The van der Waals surface area contributed by atoms with Crippen molar-refractivity contribution >= 4 is 0 Å². The van der Waals surface area contributed by atoms with Gasteiger partial charge in [-0.25, -0.2) is 9.97 Å². The summed E-state index contributed by atoms with van der Waals surface area (Å²) in [4.78, 5) is 17.7. The highest BCUT2D eigenvalue weighted by Gasteiger charge is 2.40. The summed E-state index contributed by atoms with van der Waals surface area (Å²) in [7, 11) is 1.63. The van der Waals surface area contributed by atoms with Crippen LogP contribution in [0.3, 0.4) is 0 Å². The number of aryl methyl sites for hydroxylation is 2. The fourth-order valence-electron chi connectivity index (χ4n) is 3.14. The predicted molar refractivity (Wildman–Crippen MR) is 104 cm³/mol. The molecule has 3 heterocycles. The van der Waals surface area contributed by atoms with Gasteiger partial charge in [0.15, 0.2) is 0 Å². The Labute approximate surface area is 163 Å². The van der Waals surface area contributed by atoms with Crippen molar-refractivity contribution in [1.29, 1.82) is 0 Å². The van der Waals surface area contributed by atoms with Crippen molar-refractivity contribution < 1.29 is 14.6 Å².